The van der Waals surface area contributed by atoms with E-state index in [4.69, 9.17) is 14.2 Å². The van der Waals surface area contributed by atoms with Gasteiger partial charge in [0.05, 0.1) is 0 Å². The van der Waals surface area contributed by atoms with Gasteiger partial charge in [-0.25, -0.2) is 0 Å². The second-order valence-corrected chi connectivity index (χ2v) is 23.1. The fourth-order valence-electron chi connectivity index (χ4n) is 10.3. The zero-order chi connectivity index (χ0) is 55.7. The van der Waals surface area contributed by atoms with Crippen LogP contribution in [0.4, 0.5) is 0 Å². The first kappa shape index (κ1) is 74.4. The Morgan fingerprint density at radius 2 is 0.506 bits per heavy atom. The Labute approximate surface area is 479 Å². The van der Waals surface area contributed by atoms with E-state index in [1.54, 1.807) is 0 Å². The normalized spacial score (nSPS) is 12.3. The Morgan fingerprint density at radius 1 is 0.273 bits per heavy atom. The van der Waals surface area contributed by atoms with Gasteiger partial charge in [0.1, 0.15) is 13.2 Å². The predicted molar refractivity (Wildman–Crippen MR) is 335 cm³/mol. The predicted octanol–water partition coefficient (Wildman–Crippen LogP) is 23.3. The maximum atomic E-state index is 12.9. The summed E-state index contributed by atoms with van der Waals surface area (Å²) < 4.78 is 16.9. The minimum absolute atomic E-state index is 0.0666. The lowest BCUT2D eigenvalue weighted by molar-refractivity contribution is -0.167. The third-order valence-electron chi connectivity index (χ3n) is 15.3. The molecule has 0 rings (SSSR count). The molecule has 0 heterocycles. The molecule has 1 unspecified atom stereocenters. The van der Waals surface area contributed by atoms with Gasteiger partial charge >= 0.3 is 17.9 Å². The van der Waals surface area contributed by atoms with E-state index in [0.29, 0.717) is 19.3 Å². The molecule has 6 heteroatoms. The number of esters is 3. The van der Waals surface area contributed by atoms with Gasteiger partial charge < -0.3 is 14.2 Å². The Hall–Kier alpha value is -2.63. The molecule has 450 valence electrons. The molecule has 0 aliphatic heterocycles. The van der Waals surface area contributed by atoms with Gasteiger partial charge in [0.25, 0.3) is 0 Å². The van der Waals surface area contributed by atoms with Crippen LogP contribution in [0.25, 0.3) is 0 Å². The topological polar surface area (TPSA) is 78.9 Å². The summed E-state index contributed by atoms with van der Waals surface area (Å²) in [5.74, 6) is -0.851. The monoisotopic (exact) mass is 1080 g/mol. The van der Waals surface area contributed by atoms with E-state index in [9.17, 15) is 14.4 Å². The highest BCUT2D eigenvalue weighted by atomic mass is 16.6. The highest BCUT2D eigenvalue weighted by Gasteiger charge is 2.19. The Morgan fingerprint density at radius 3 is 0.792 bits per heavy atom. The highest BCUT2D eigenvalue weighted by molar-refractivity contribution is 5.71. The molecular formula is C71H130O6. The molecule has 0 aromatic rings. The number of rotatable bonds is 63. The standard InChI is InChI=1S/C71H130O6/c1-4-7-10-13-16-18-20-22-24-26-28-30-32-33-34-35-36-37-38-39-40-42-43-45-47-49-51-53-55-58-61-64-70(73)76-67-68(66-75-69(72)63-60-57-15-12-9-6-3)77-71(74)65-62-59-56-54-52-50-48-46-44-41-31-29-27-25-23-21-19-17-14-11-8-5-2/h7,10,16,18,22,24,28,30,68H,4-6,8-9,11-15,17,19-21,23,25-27,29,31-67H2,1-3H3/b10-7-,18-16-,24-22-,30-28-. The summed E-state index contributed by atoms with van der Waals surface area (Å²) in [7, 11) is 0. The zero-order valence-electron chi connectivity index (χ0n) is 51.7. The highest BCUT2D eigenvalue weighted by Crippen LogP contribution is 2.18. The minimum Gasteiger partial charge on any atom is -0.462 e. The van der Waals surface area contributed by atoms with Crippen molar-refractivity contribution in [3.63, 3.8) is 0 Å². The van der Waals surface area contributed by atoms with Crippen LogP contribution in [0.15, 0.2) is 48.6 Å². The Bertz CT molecular complexity index is 1330. The molecule has 1 atom stereocenters. The van der Waals surface area contributed by atoms with Crippen molar-refractivity contribution in [2.45, 2.75) is 374 Å². The molecule has 0 fully saturated rings. The van der Waals surface area contributed by atoms with Crippen LogP contribution in [0, 0.1) is 0 Å². The van der Waals surface area contributed by atoms with Crippen LogP contribution < -0.4 is 0 Å². The summed E-state index contributed by atoms with van der Waals surface area (Å²) in [6.45, 7) is 6.53. The van der Waals surface area contributed by atoms with Gasteiger partial charge in [-0.2, -0.15) is 0 Å². The number of hydrogen-bond donors (Lipinski definition) is 0. The lowest BCUT2D eigenvalue weighted by atomic mass is 10.0. The van der Waals surface area contributed by atoms with Crippen LogP contribution in [0.2, 0.25) is 0 Å². The molecule has 0 radical (unpaired) electrons. The van der Waals surface area contributed by atoms with Crippen LogP contribution in [-0.4, -0.2) is 37.2 Å². The van der Waals surface area contributed by atoms with Crippen molar-refractivity contribution in [3.05, 3.63) is 48.6 Å². The van der Waals surface area contributed by atoms with Crippen molar-refractivity contribution >= 4 is 17.9 Å². The van der Waals surface area contributed by atoms with Gasteiger partial charge in [-0.3, -0.25) is 14.4 Å². The fraction of sp³-hybridized carbons (Fsp3) is 0.845. The summed E-state index contributed by atoms with van der Waals surface area (Å²) in [4.78, 5) is 38.1. The molecule has 77 heavy (non-hydrogen) atoms. The third kappa shape index (κ3) is 64.1. The van der Waals surface area contributed by atoms with Gasteiger partial charge in [0.2, 0.25) is 0 Å². The average Bonchev–Trinajstić information content (AvgIpc) is 3.43. The molecule has 0 aromatic heterocycles. The number of carbonyl (C=O) groups is 3. The molecule has 0 N–H and O–H groups in total. The van der Waals surface area contributed by atoms with Crippen LogP contribution >= 0.6 is 0 Å². The molecule has 0 amide bonds. The minimum atomic E-state index is -0.766. The summed E-state index contributed by atoms with van der Waals surface area (Å²) in [6, 6.07) is 0. The molecule has 6 nitrogen and oxygen atoms in total. The summed E-state index contributed by atoms with van der Waals surface area (Å²) in [6.07, 6.45) is 83.2. The second-order valence-electron chi connectivity index (χ2n) is 23.1. The molecule has 0 aliphatic rings. The molecule has 0 bridgehead atoms. The van der Waals surface area contributed by atoms with Gasteiger partial charge in [0, 0.05) is 19.3 Å². The van der Waals surface area contributed by atoms with Gasteiger partial charge in [-0.1, -0.05) is 339 Å². The van der Waals surface area contributed by atoms with E-state index in [2.05, 4.69) is 69.4 Å². The van der Waals surface area contributed by atoms with Crippen molar-refractivity contribution in [1.82, 2.24) is 0 Å². The maximum Gasteiger partial charge on any atom is 0.306 e. The SMILES string of the molecule is CC/C=C\C/C=C\C/C=C\C/C=C\CCCCCCCCCCCCCCCCCCCCC(=O)OCC(COC(=O)CCCCCCCC)OC(=O)CCCCCCCCCCCCCCCCCCCCCCCC. The van der Waals surface area contributed by atoms with E-state index >= 15 is 0 Å². The van der Waals surface area contributed by atoms with Crippen molar-refractivity contribution < 1.29 is 28.6 Å². The number of carbonyl (C=O) groups excluding carboxylic acids is 3. The number of hydrogen-bond acceptors (Lipinski definition) is 6. The van der Waals surface area contributed by atoms with E-state index in [1.807, 2.05) is 0 Å². The first-order chi connectivity index (χ1) is 38.0. The van der Waals surface area contributed by atoms with Crippen LogP contribution in [0.5, 0.6) is 0 Å². The first-order valence-electron chi connectivity index (χ1n) is 34.1. The van der Waals surface area contributed by atoms with Gasteiger partial charge in [-0.15, -0.1) is 0 Å². The Kier molecular flexibility index (Phi) is 63.6. The van der Waals surface area contributed by atoms with Crippen LogP contribution in [0.1, 0.15) is 367 Å². The van der Waals surface area contributed by atoms with Crippen LogP contribution in [-0.2, 0) is 28.6 Å². The zero-order valence-corrected chi connectivity index (χ0v) is 51.7. The van der Waals surface area contributed by atoms with E-state index in [-0.39, 0.29) is 31.1 Å². The molecule has 0 saturated heterocycles. The summed E-state index contributed by atoms with van der Waals surface area (Å²) in [5.41, 5.74) is 0. The maximum absolute atomic E-state index is 12.9. The number of ether oxygens (including phenoxy) is 3. The van der Waals surface area contributed by atoms with Crippen molar-refractivity contribution in [2.24, 2.45) is 0 Å². The second kappa shape index (κ2) is 65.9. The van der Waals surface area contributed by atoms with E-state index in [0.717, 1.165) is 83.5 Å². The lowest BCUT2D eigenvalue weighted by Gasteiger charge is -2.18. The number of unbranched alkanes of at least 4 members (excludes halogenated alkanes) is 44. The van der Waals surface area contributed by atoms with Crippen molar-refractivity contribution in [1.29, 1.82) is 0 Å². The van der Waals surface area contributed by atoms with E-state index < -0.39 is 6.10 Å². The average molecular weight is 1080 g/mol. The van der Waals surface area contributed by atoms with Gasteiger partial charge in [-0.05, 0) is 57.8 Å². The quantitative estimate of drug-likeness (QED) is 0.0261. The molecular weight excluding hydrogens is 949 g/mol. The van der Waals surface area contributed by atoms with Crippen LogP contribution in [0.3, 0.4) is 0 Å². The molecule has 0 saturated carbocycles. The molecule has 0 aliphatic carbocycles. The van der Waals surface area contributed by atoms with Crippen molar-refractivity contribution in [2.75, 3.05) is 13.2 Å². The lowest BCUT2D eigenvalue weighted by Crippen LogP contribution is -2.30. The smallest absolute Gasteiger partial charge is 0.306 e. The first-order valence-corrected chi connectivity index (χ1v) is 34.1. The molecule has 0 spiro atoms. The third-order valence-corrected chi connectivity index (χ3v) is 15.3. The van der Waals surface area contributed by atoms with Crippen molar-refractivity contribution in [3.8, 4) is 0 Å². The molecule has 0 aromatic carbocycles. The summed E-state index contributed by atoms with van der Waals surface area (Å²) in [5, 5.41) is 0. The van der Waals surface area contributed by atoms with Gasteiger partial charge in [0.15, 0.2) is 6.10 Å². The number of allylic oxidation sites excluding steroid dienone is 8. The summed E-state index contributed by atoms with van der Waals surface area (Å²) >= 11 is 0. The fourth-order valence-corrected chi connectivity index (χ4v) is 10.3. The largest absolute Gasteiger partial charge is 0.462 e. The van der Waals surface area contributed by atoms with E-state index in [1.165, 1.54) is 244 Å². The Balaban J connectivity index is 3.97.